The lowest BCUT2D eigenvalue weighted by molar-refractivity contribution is 0.336. The zero-order chi connectivity index (χ0) is 13.5. The summed E-state index contributed by atoms with van der Waals surface area (Å²) in [5.41, 5.74) is 1.17. The number of para-hydroxylation sites is 1. The lowest BCUT2D eigenvalue weighted by atomic mass is 10.1. The highest BCUT2D eigenvalue weighted by Crippen LogP contribution is 2.18. The minimum absolute atomic E-state index is 0.478. The maximum Gasteiger partial charge on any atom is 0.315 e. The third-order valence-electron chi connectivity index (χ3n) is 2.71. The number of benzene rings is 1. The van der Waals surface area contributed by atoms with Crippen LogP contribution in [0.2, 0.25) is 0 Å². The van der Waals surface area contributed by atoms with Gasteiger partial charge in [-0.3, -0.25) is 0 Å². The number of ether oxygens (including phenoxy) is 1. The van der Waals surface area contributed by atoms with E-state index < -0.39 is 0 Å². The molecule has 1 heterocycles. The minimum atomic E-state index is 0.478. The predicted molar refractivity (Wildman–Crippen MR) is 73.5 cm³/mol. The van der Waals surface area contributed by atoms with E-state index in [1.54, 1.807) is 0 Å². The van der Waals surface area contributed by atoms with Gasteiger partial charge in [0.15, 0.2) is 0 Å². The summed E-state index contributed by atoms with van der Waals surface area (Å²) in [6.07, 6.45) is 1.60. The van der Waals surface area contributed by atoms with Crippen LogP contribution in [0.4, 0.5) is 6.01 Å². The number of hydrogen-bond donors (Lipinski definition) is 1. The van der Waals surface area contributed by atoms with Crippen LogP contribution in [0.5, 0.6) is 5.75 Å². The number of aromatic nitrogens is 2. The molecule has 2 rings (SSSR count). The van der Waals surface area contributed by atoms with E-state index in [1.165, 1.54) is 5.56 Å². The van der Waals surface area contributed by atoms with Gasteiger partial charge in [0.25, 0.3) is 0 Å². The van der Waals surface area contributed by atoms with Gasteiger partial charge >= 0.3 is 6.01 Å². The number of nitrogens with zero attached hydrogens (tertiary/aromatic N) is 2. The van der Waals surface area contributed by atoms with Crippen molar-refractivity contribution >= 4 is 6.01 Å². The standard InChI is InChI=1S/C14H19N3O2/c1-3-13-16-17-14(19-13)15-10-9-11-7-5-6-8-12(11)18-4-2/h5-8H,3-4,9-10H2,1-2H3,(H,15,17). The Labute approximate surface area is 113 Å². The Morgan fingerprint density at radius 3 is 2.79 bits per heavy atom. The highest BCUT2D eigenvalue weighted by Gasteiger charge is 2.05. The fraction of sp³-hybridized carbons (Fsp3) is 0.429. The zero-order valence-corrected chi connectivity index (χ0v) is 11.3. The minimum Gasteiger partial charge on any atom is -0.494 e. The lowest BCUT2D eigenvalue weighted by Crippen LogP contribution is -2.06. The van der Waals surface area contributed by atoms with Gasteiger partial charge in [-0.15, -0.1) is 5.10 Å². The second-order valence-corrected chi connectivity index (χ2v) is 4.07. The van der Waals surface area contributed by atoms with Crippen molar-refractivity contribution in [1.82, 2.24) is 10.2 Å². The Kier molecular flexibility index (Phi) is 4.78. The molecule has 0 saturated carbocycles. The van der Waals surface area contributed by atoms with Crippen molar-refractivity contribution in [3.63, 3.8) is 0 Å². The number of anilines is 1. The van der Waals surface area contributed by atoms with Gasteiger partial charge in [-0.1, -0.05) is 30.2 Å². The van der Waals surface area contributed by atoms with Crippen LogP contribution in [0.15, 0.2) is 28.7 Å². The van der Waals surface area contributed by atoms with E-state index in [0.29, 0.717) is 18.5 Å². The summed E-state index contributed by atoms with van der Waals surface area (Å²) in [5, 5.41) is 10.9. The van der Waals surface area contributed by atoms with Gasteiger partial charge in [0, 0.05) is 13.0 Å². The lowest BCUT2D eigenvalue weighted by Gasteiger charge is -2.09. The fourth-order valence-corrected chi connectivity index (χ4v) is 1.78. The molecular weight excluding hydrogens is 242 g/mol. The molecule has 1 aromatic heterocycles. The molecule has 0 aliphatic heterocycles. The Hall–Kier alpha value is -2.04. The van der Waals surface area contributed by atoms with Gasteiger partial charge in [-0.05, 0) is 25.0 Å². The molecule has 102 valence electrons. The van der Waals surface area contributed by atoms with E-state index in [9.17, 15) is 0 Å². The number of hydrogen-bond acceptors (Lipinski definition) is 5. The molecule has 0 amide bonds. The topological polar surface area (TPSA) is 60.2 Å². The molecule has 0 atom stereocenters. The van der Waals surface area contributed by atoms with Crippen molar-refractivity contribution in [2.24, 2.45) is 0 Å². The number of nitrogens with one attached hydrogen (secondary N) is 1. The van der Waals surface area contributed by atoms with Crippen LogP contribution in [0.25, 0.3) is 0 Å². The van der Waals surface area contributed by atoms with E-state index in [-0.39, 0.29) is 0 Å². The fourth-order valence-electron chi connectivity index (χ4n) is 1.78. The van der Waals surface area contributed by atoms with Crippen LogP contribution in [0, 0.1) is 0 Å². The molecule has 1 N–H and O–H groups in total. The smallest absolute Gasteiger partial charge is 0.315 e. The van der Waals surface area contributed by atoms with Gasteiger partial charge in [-0.2, -0.15) is 0 Å². The van der Waals surface area contributed by atoms with Gasteiger partial charge in [-0.25, -0.2) is 0 Å². The molecule has 0 spiro atoms. The first-order valence-corrected chi connectivity index (χ1v) is 6.60. The molecule has 0 aliphatic rings. The predicted octanol–water partition coefficient (Wildman–Crippen LogP) is 2.69. The van der Waals surface area contributed by atoms with Crippen molar-refractivity contribution in [3.8, 4) is 5.75 Å². The van der Waals surface area contributed by atoms with Crippen molar-refractivity contribution in [2.45, 2.75) is 26.7 Å². The van der Waals surface area contributed by atoms with Crippen LogP contribution in [0.1, 0.15) is 25.3 Å². The van der Waals surface area contributed by atoms with Gasteiger partial charge in [0.05, 0.1) is 6.61 Å². The van der Waals surface area contributed by atoms with Crippen molar-refractivity contribution < 1.29 is 9.15 Å². The second-order valence-electron chi connectivity index (χ2n) is 4.07. The molecule has 0 bridgehead atoms. The average molecular weight is 261 g/mol. The van der Waals surface area contributed by atoms with Crippen LogP contribution in [0.3, 0.4) is 0 Å². The molecule has 2 aromatic rings. The van der Waals surface area contributed by atoms with Crippen molar-refractivity contribution in [1.29, 1.82) is 0 Å². The Morgan fingerprint density at radius 2 is 2.05 bits per heavy atom. The second kappa shape index (κ2) is 6.78. The molecule has 5 nitrogen and oxygen atoms in total. The van der Waals surface area contributed by atoms with E-state index in [1.807, 2.05) is 32.0 Å². The van der Waals surface area contributed by atoms with Gasteiger partial charge in [0.1, 0.15) is 5.75 Å². The summed E-state index contributed by atoms with van der Waals surface area (Å²) in [6, 6.07) is 8.53. The van der Waals surface area contributed by atoms with Gasteiger partial charge in [0.2, 0.25) is 5.89 Å². The molecule has 0 aliphatic carbocycles. The monoisotopic (exact) mass is 261 g/mol. The first-order valence-electron chi connectivity index (χ1n) is 6.60. The summed E-state index contributed by atoms with van der Waals surface area (Å²) in [5.74, 6) is 1.59. The first-order chi connectivity index (χ1) is 9.33. The van der Waals surface area contributed by atoms with Crippen molar-refractivity contribution in [2.75, 3.05) is 18.5 Å². The van der Waals surface area contributed by atoms with Gasteiger partial charge < -0.3 is 14.5 Å². The maximum atomic E-state index is 5.58. The number of aryl methyl sites for hydroxylation is 1. The summed E-state index contributed by atoms with van der Waals surface area (Å²) in [7, 11) is 0. The molecule has 19 heavy (non-hydrogen) atoms. The highest BCUT2D eigenvalue weighted by atomic mass is 16.5. The molecule has 0 saturated heterocycles. The largest absolute Gasteiger partial charge is 0.494 e. The van der Waals surface area contributed by atoms with E-state index >= 15 is 0 Å². The van der Waals surface area contributed by atoms with E-state index in [2.05, 4.69) is 21.6 Å². The van der Waals surface area contributed by atoms with Crippen molar-refractivity contribution in [3.05, 3.63) is 35.7 Å². The molecule has 0 fully saturated rings. The summed E-state index contributed by atoms with van der Waals surface area (Å²) in [4.78, 5) is 0. The summed E-state index contributed by atoms with van der Waals surface area (Å²) >= 11 is 0. The van der Waals surface area contributed by atoms with Crippen LogP contribution in [-0.2, 0) is 12.8 Å². The normalized spacial score (nSPS) is 10.4. The van der Waals surface area contributed by atoms with E-state index in [4.69, 9.17) is 9.15 Å². The molecule has 5 heteroatoms. The quantitative estimate of drug-likeness (QED) is 0.830. The Morgan fingerprint density at radius 1 is 1.21 bits per heavy atom. The van der Waals surface area contributed by atoms with Crippen LogP contribution in [-0.4, -0.2) is 23.3 Å². The SMILES string of the molecule is CCOc1ccccc1CCNc1nnc(CC)o1. The highest BCUT2D eigenvalue weighted by molar-refractivity contribution is 5.34. The average Bonchev–Trinajstić information content (AvgIpc) is 2.89. The Balaban J connectivity index is 1.88. The molecule has 1 aromatic carbocycles. The first kappa shape index (κ1) is 13.4. The van der Waals surface area contributed by atoms with Crippen LogP contribution >= 0.6 is 0 Å². The van der Waals surface area contributed by atoms with Crippen LogP contribution < -0.4 is 10.1 Å². The molecule has 0 unspecified atom stereocenters. The molecular formula is C14H19N3O2. The third kappa shape index (κ3) is 3.71. The zero-order valence-electron chi connectivity index (χ0n) is 11.3. The third-order valence-corrected chi connectivity index (χ3v) is 2.71. The number of rotatable bonds is 7. The summed E-state index contributed by atoms with van der Waals surface area (Å²) < 4.78 is 11.0. The molecule has 0 radical (unpaired) electrons. The maximum absolute atomic E-state index is 5.58. The summed E-state index contributed by atoms with van der Waals surface area (Å²) in [6.45, 7) is 5.37. The Bertz CT molecular complexity index is 511. The van der Waals surface area contributed by atoms with E-state index in [0.717, 1.165) is 25.1 Å².